The summed E-state index contributed by atoms with van der Waals surface area (Å²) in [5.74, 6) is 0. The Morgan fingerprint density at radius 3 is 2.44 bits per heavy atom. The van der Waals surface area contributed by atoms with Crippen LogP contribution in [0.2, 0.25) is 5.02 Å². The average molecular weight is 262 g/mol. The van der Waals surface area contributed by atoms with E-state index in [0.717, 1.165) is 29.4 Å². The Morgan fingerprint density at radius 2 is 1.72 bits per heavy atom. The molecule has 0 atom stereocenters. The van der Waals surface area contributed by atoms with Crippen LogP contribution in [0.1, 0.15) is 19.3 Å². The molecule has 0 N–H and O–H groups in total. The number of halogens is 1. The van der Waals surface area contributed by atoms with Crippen molar-refractivity contribution in [3.05, 3.63) is 41.8 Å². The minimum atomic E-state index is 0.766. The Labute approximate surface area is 112 Å². The topological polar surface area (TPSA) is 21.1 Å². The van der Waals surface area contributed by atoms with Crippen LogP contribution >= 0.6 is 11.6 Å². The minimum Gasteiger partial charge on any atom is -0.311 e. The van der Waals surface area contributed by atoms with Gasteiger partial charge in [0, 0.05) is 23.7 Å². The Kier molecular flexibility index (Phi) is 3.24. The van der Waals surface area contributed by atoms with Gasteiger partial charge in [-0.05, 0) is 31.4 Å². The quantitative estimate of drug-likeness (QED) is 0.827. The summed E-state index contributed by atoms with van der Waals surface area (Å²) in [4.78, 5) is 4.28. The summed E-state index contributed by atoms with van der Waals surface area (Å²) in [5, 5.41) is 3.13. The van der Waals surface area contributed by atoms with Gasteiger partial charge in [-0.1, -0.05) is 23.7 Å². The van der Waals surface area contributed by atoms with E-state index >= 15 is 0 Å². The zero-order chi connectivity index (χ0) is 12.4. The smallest absolute Gasteiger partial charge is 0.115 e. The number of piperidine rings is 1. The van der Waals surface area contributed by atoms with E-state index in [-0.39, 0.29) is 0 Å². The number of aromatic nitrogens is 2. The highest BCUT2D eigenvalue weighted by atomic mass is 35.5. The second kappa shape index (κ2) is 5.02. The van der Waals surface area contributed by atoms with Crippen LogP contribution in [0, 0.1) is 0 Å². The first-order valence-corrected chi connectivity index (χ1v) is 6.76. The standard InChI is InChI=1S/C14H16ClN3/c15-13-6-4-12(5-7-13)14-10-16-11-18(14)17-8-2-1-3-9-17/h4-7,10-11H,1-3,8-9H2. The van der Waals surface area contributed by atoms with Crippen molar-refractivity contribution in [1.82, 2.24) is 9.66 Å². The molecule has 0 saturated carbocycles. The monoisotopic (exact) mass is 261 g/mol. The normalized spacial score (nSPS) is 15.9. The molecule has 0 unspecified atom stereocenters. The highest BCUT2D eigenvalue weighted by molar-refractivity contribution is 6.30. The van der Waals surface area contributed by atoms with E-state index in [1.165, 1.54) is 19.3 Å². The first-order valence-electron chi connectivity index (χ1n) is 6.38. The van der Waals surface area contributed by atoms with Crippen LogP contribution in [0.4, 0.5) is 0 Å². The van der Waals surface area contributed by atoms with Crippen molar-refractivity contribution in [3.8, 4) is 11.3 Å². The van der Waals surface area contributed by atoms with Crippen LogP contribution in [0.3, 0.4) is 0 Å². The van der Waals surface area contributed by atoms with Gasteiger partial charge in [-0.2, -0.15) is 0 Å². The maximum Gasteiger partial charge on any atom is 0.115 e. The molecule has 0 radical (unpaired) electrons. The fraction of sp³-hybridized carbons (Fsp3) is 0.357. The van der Waals surface area contributed by atoms with Gasteiger partial charge in [0.05, 0.1) is 11.9 Å². The maximum atomic E-state index is 5.93. The van der Waals surface area contributed by atoms with E-state index in [0.29, 0.717) is 0 Å². The summed E-state index contributed by atoms with van der Waals surface area (Å²) in [6.45, 7) is 2.22. The lowest BCUT2D eigenvalue weighted by Gasteiger charge is -2.30. The van der Waals surface area contributed by atoms with Crippen molar-refractivity contribution in [1.29, 1.82) is 0 Å². The first kappa shape index (κ1) is 11.6. The molecule has 1 aliphatic rings. The number of nitrogens with zero attached hydrogens (tertiary/aromatic N) is 3. The second-order valence-corrected chi connectivity index (χ2v) is 5.08. The third-order valence-corrected chi connectivity index (χ3v) is 3.65. The van der Waals surface area contributed by atoms with Crippen molar-refractivity contribution in [2.45, 2.75) is 19.3 Å². The van der Waals surface area contributed by atoms with E-state index in [1.54, 1.807) is 0 Å². The molecule has 0 bridgehead atoms. The predicted molar refractivity (Wildman–Crippen MR) is 74.5 cm³/mol. The Hall–Kier alpha value is -1.48. The molecule has 4 heteroatoms. The third kappa shape index (κ3) is 2.23. The SMILES string of the molecule is Clc1ccc(-c2cncn2N2CCCCC2)cc1. The number of imidazole rings is 1. The Bertz CT molecular complexity index is 512. The number of rotatable bonds is 2. The van der Waals surface area contributed by atoms with Gasteiger partial charge in [-0.15, -0.1) is 0 Å². The van der Waals surface area contributed by atoms with Crippen molar-refractivity contribution in [2.75, 3.05) is 18.1 Å². The largest absolute Gasteiger partial charge is 0.311 e. The van der Waals surface area contributed by atoms with Gasteiger partial charge in [0.1, 0.15) is 6.33 Å². The first-order chi connectivity index (χ1) is 8.84. The summed E-state index contributed by atoms with van der Waals surface area (Å²) in [6, 6.07) is 7.93. The molecule has 3 rings (SSSR count). The van der Waals surface area contributed by atoms with E-state index in [9.17, 15) is 0 Å². The molecular weight excluding hydrogens is 246 g/mol. The highest BCUT2D eigenvalue weighted by Crippen LogP contribution is 2.22. The van der Waals surface area contributed by atoms with Gasteiger partial charge >= 0.3 is 0 Å². The second-order valence-electron chi connectivity index (χ2n) is 4.64. The van der Waals surface area contributed by atoms with Crippen LogP contribution in [-0.4, -0.2) is 22.7 Å². The molecule has 94 valence electrons. The van der Waals surface area contributed by atoms with E-state index in [1.807, 2.05) is 36.8 Å². The molecule has 18 heavy (non-hydrogen) atoms. The lowest BCUT2D eigenvalue weighted by atomic mass is 10.1. The summed E-state index contributed by atoms with van der Waals surface area (Å²) in [6.07, 6.45) is 7.67. The average Bonchev–Trinajstić information content (AvgIpc) is 2.90. The van der Waals surface area contributed by atoms with Gasteiger partial charge in [0.15, 0.2) is 0 Å². The summed E-state index contributed by atoms with van der Waals surface area (Å²) >= 11 is 5.93. The van der Waals surface area contributed by atoms with Gasteiger partial charge in [0.25, 0.3) is 0 Å². The molecule has 2 aromatic rings. The number of hydrogen-bond acceptors (Lipinski definition) is 2. The summed E-state index contributed by atoms with van der Waals surface area (Å²) < 4.78 is 2.17. The van der Waals surface area contributed by atoms with Gasteiger partial charge in [0.2, 0.25) is 0 Å². The van der Waals surface area contributed by atoms with E-state index in [2.05, 4.69) is 14.7 Å². The lowest BCUT2D eigenvalue weighted by molar-refractivity contribution is 0.481. The van der Waals surface area contributed by atoms with Crippen LogP contribution in [0.5, 0.6) is 0 Å². The van der Waals surface area contributed by atoms with Crippen LogP contribution in [0.25, 0.3) is 11.3 Å². The zero-order valence-corrected chi connectivity index (χ0v) is 11.0. The van der Waals surface area contributed by atoms with Crippen molar-refractivity contribution < 1.29 is 0 Å². The number of benzene rings is 1. The molecule has 3 nitrogen and oxygen atoms in total. The van der Waals surface area contributed by atoms with E-state index < -0.39 is 0 Å². The van der Waals surface area contributed by atoms with Crippen LogP contribution < -0.4 is 5.01 Å². The molecule has 0 aliphatic carbocycles. The van der Waals surface area contributed by atoms with Crippen molar-refractivity contribution in [2.24, 2.45) is 0 Å². The van der Waals surface area contributed by atoms with Crippen LogP contribution in [-0.2, 0) is 0 Å². The maximum absolute atomic E-state index is 5.93. The third-order valence-electron chi connectivity index (χ3n) is 3.40. The number of hydrogen-bond donors (Lipinski definition) is 0. The van der Waals surface area contributed by atoms with Crippen molar-refractivity contribution >= 4 is 11.6 Å². The fourth-order valence-electron chi connectivity index (χ4n) is 2.43. The van der Waals surface area contributed by atoms with Gasteiger partial charge < -0.3 is 5.01 Å². The molecule has 1 fully saturated rings. The molecule has 1 aromatic carbocycles. The lowest BCUT2D eigenvalue weighted by Crippen LogP contribution is -2.38. The Morgan fingerprint density at radius 1 is 1.00 bits per heavy atom. The molecule has 1 aliphatic heterocycles. The van der Waals surface area contributed by atoms with Gasteiger partial charge in [-0.25, -0.2) is 9.66 Å². The fourth-order valence-corrected chi connectivity index (χ4v) is 2.56. The summed E-state index contributed by atoms with van der Waals surface area (Å²) in [7, 11) is 0. The van der Waals surface area contributed by atoms with E-state index in [4.69, 9.17) is 11.6 Å². The van der Waals surface area contributed by atoms with Crippen LogP contribution in [0.15, 0.2) is 36.8 Å². The molecule has 1 saturated heterocycles. The van der Waals surface area contributed by atoms with Crippen molar-refractivity contribution in [3.63, 3.8) is 0 Å². The Balaban J connectivity index is 1.93. The minimum absolute atomic E-state index is 0.766. The molecule has 1 aromatic heterocycles. The molecule has 0 spiro atoms. The zero-order valence-electron chi connectivity index (χ0n) is 10.2. The van der Waals surface area contributed by atoms with Gasteiger partial charge in [-0.3, -0.25) is 0 Å². The molecule has 2 heterocycles. The molecule has 0 amide bonds. The predicted octanol–water partition coefficient (Wildman–Crippen LogP) is 3.33. The highest BCUT2D eigenvalue weighted by Gasteiger charge is 2.14. The summed E-state index contributed by atoms with van der Waals surface area (Å²) in [5.41, 5.74) is 2.29. The molecular formula is C14H16ClN3.